The average molecular weight is 645 g/mol. The second kappa shape index (κ2) is 10.2. The fourth-order valence-corrected chi connectivity index (χ4v) is 9.22. The van der Waals surface area contributed by atoms with Crippen molar-refractivity contribution in [3.8, 4) is 5.69 Å². The fraction of sp³-hybridized carbons (Fsp3) is 0.0227. The van der Waals surface area contributed by atoms with Crippen molar-refractivity contribution in [2.45, 2.75) is 6.29 Å². The molecule has 0 aliphatic carbocycles. The summed E-state index contributed by atoms with van der Waals surface area (Å²) < 4.78 is 7.47. The Morgan fingerprint density at radius 3 is 1.88 bits per heavy atom. The minimum Gasteiger partial charge on any atom is -0.346 e. The molecule has 0 saturated carbocycles. The lowest BCUT2D eigenvalue weighted by Gasteiger charge is -2.28. The predicted octanol–water partition coefficient (Wildman–Crippen LogP) is 11.7. The van der Waals surface area contributed by atoms with Crippen molar-refractivity contribution in [2.75, 3.05) is 5.32 Å². The van der Waals surface area contributed by atoms with Crippen LogP contribution in [0.25, 0.3) is 69.5 Å². The first-order chi connectivity index (χ1) is 24.3. The molecule has 0 spiro atoms. The van der Waals surface area contributed by atoms with E-state index < -0.39 is 0 Å². The van der Waals surface area contributed by atoms with Crippen molar-refractivity contribution in [2.24, 2.45) is 4.99 Å². The zero-order valence-corrected chi connectivity index (χ0v) is 27.2. The molecule has 7 aromatic carbocycles. The van der Waals surface area contributed by atoms with Gasteiger partial charge in [0.15, 0.2) is 0 Å². The van der Waals surface area contributed by atoms with E-state index in [1.165, 1.54) is 58.3 Å². The highest BCUT2D eigenvalue weighted by Crippen LogP contribution is 2.48. The molecular weight excluding hydrogens is 617 g/mol. The van der Waals surface area contributed by atoms with Gasteiger partial charge in [0, 0.05) is 64.2 Å². The van der Waals surface area contributed by atoms with E-state index in [1.54, 1.807) is 0 Å². The average Bonchev–Trinajstić information content (AvgIpc) is 3.82. The molecule has 0 amide bonds. The molecule has 1 N–H and O–H groups in total. The smallest absolute Gasteiger partial charge is 0.201 e. The number of nitrogens with zero attached hydrogens (tertiary/aromatic N) is 3. The molecule has 0 fully saturated rings. The standard InChI is InChI=1S/C44H28N4S/c1-3-13-27(14-4-1)41-33-19-7-10-20-34(33)45-44(46-41)48-36-22-12-9-18-30(36)32-24-26-38-40(43(32)48)39-37(49-38)25-23-31-29-17-8-11-21-35(29)47(42(31)39)28-15-5-2-6-16-28/h1-26,44-45H. The number of fused-ring (bicyclic) bond motifs is 12. The summed E-state index contributed by atoms with van der Waals surface area (Å²) in [5.41, 5.74) is 10.3. The van der Waals surface area contributed by atoms with E-state index in [0.29, 0.717) is 0 Å². The molecule has 1 unspecified atom stereocenters. The number of hydrogen-bond donors (Lipinski definition) is 1. The second-order valence-electron chi connectivity index (χ2n) is 12.8. The maximum absolute atomic E-state index is 5.54. The lowest BCUT2D eigenvalue weighted by Crippen LogP contribution is -2.24. The Labute approximate surface area is 285 Å². The van der Waals surface area contributed by atoms with Crippen LogP contribution in [-0.2, 0) is 0 Å². The Kier molecular flexibility index (Phi) is 5.57. The number of aliphatic imine (C=N–C) groups is 1. The normalized spacial score (nSPS) is 14.6. The molecular formula is C44H28N4S. The SMILES string of the molecule is c1ccc(C2=NC(n3c4ccccc4c4ccc5sc6ccc7c8ccccc8n(-c8ccccc8)c7c6c5c43)Nc3ccccc32)cc1. The summed E-state index contributed by atoms with van der Waals surface area (Å²) in [7, 11) is 0. The molecule has 11 rings (SSSR count). The van der Waals surface area contributed by atoms with Gasteiger partial charge in [-0.15, -0.1) is 11.3 Å². The van der Waals surface area contributed by atoms with Crippen molar-refractivity contribution < 1.29 is 0 Å². The number of rotatable bonds is 3. The molecule has 5 heteroatoms. The summed E-state index contributed by atoms with van der Waals surface area (Å²) in [6.07, 6.45) is -0.354. The highest BCUT2D eigenvalue weighted by atomic mass is 32.1. The van der Waals surface area contributed by atoms with E-state index in [4.69, 9.17) is 4.99 Å². The molecule has 1 aliphatic rings. The molecule has 49 heavy (non-hydrogen) atoms. The molecule has 0 saturated heterocycles. The molecule has 0 bridgehead atoms. The first-order valence-corrected chi connectivity index (χ1v) is 17.5. The third-order valence-corrected chi connectivity index (χ3v) is 11.2. The molecule has 1 atom stereocenters. The lowest BCUT2D eigenvalue weighted by atomic mass is 9.99. The Bertz CT molecular complexity index is 2960. The number of thiophene rings is 1. The number of para-hydroxylation sites is 4. The first kappa shape index (κ1) is 26.9. The van der Waals surface area contributed by atoms with Crippen LogP contribution in [0.1, 0.15) is 17.4 Å². The fourth-order valence-electron chi connectivity index (χ4n) is 8.11. The zero-order valence-electron chi connectivity index (χ0n) is 26.3. The number of benzene rings is 7. The number of anilines is 1. The predicted molar refractivity (Wildman–Crippen MR) is 208 cm³/mol. The Morgan fingerprint density at radius 2 is 1.10 bits per heavy atom. The van der Waals surface area contributed by atoms with Gasteiger partial charge in [-0.25, -0.2) is 4.99 Å². The molecule has 10 aromatic rings. The number of nitrogens with one attached hydrogen (secondary N) is 1. The molecule has 230 valence electrons. The molecule has 1 aliphatic heterocycles. The quantitative estimate of drug-likeness (QED) is 0.204. The largest absolute Gasteiger partial charge is 0.346 e. The Hall–Kier alpha value is -6.17. The minimum atomic E-state index is -0.354. The lowest BCUT2D eigenvalue weighted by molar-refractivity contribution is 0.626. The summed E-state index contributed by atoms with van der Waals surface area (Å²) in [5.74, 6) is 0. The van der Waals surface area contributed by atoms with Gasteiger partial charge in [-0.1, -0.05) is 115 Å². The third kappa shape index (κ3) is 3.76. The monoisotopic (exact) mass is 644 g/mol. The van der Waals surface area contributed by atoms with Gasteiger partial charge < -0.3 is 14.5 Å². The van der Waals surface area contributed by atoms with Crippen LogP contribution < -0.4 is 5.32 Å². The summed E-state index contributed by atoms with van der Waals surface area (Å²) in [6, 6.07) is 56.8. The van der Waals surface area contributed by atoms with E-state index in [1.807, 2.05) is 11.3 Å². The molecule has 3 aromatic heterocycles. The summed E-state index contributed by atoms with van der Waals surface area (Å²) in [6.45, 7) is 0. The van der Waals surface area contributed by atoms with Gasteiger partial charge in [0.1, 0.15) is 0 Å². The van der Waals surface area contributed by atoms with Crippen LogP contribution in [0, 0.1) is 0 Å². The summed E-state index contributed by atoms with van der Waals surface area (Å²) in [5, 5.41) is 11.4. The molecule has 0 radical (unpaired) electrons. The number of hydrogen-bond acceptors (Lipinski definition) is 3. The van der Waals surface area contributed by atoms with Crippen LogP contribution in [0.2, 0.25) is 0 Å². The van der Waals surface area contributed by atoms with E-state index in [-0.39, 0.29) is 6.29 Å². The van der Waals surface area contributed by atoms with Gasteiger partial charge in [-0.3, -0.25) is 0 Å². The van der Waals surface area contributed by atoms with Gasteiger partial charge in [-0.05, 0) is 42.5 Å². The van der Waals surface area contributed by atoms with E-state index in [2.05, 4.69) is 172 Å². The van der Waals surface area contributed by atoms with Crippen LogP contribution >= 0.6 is 11.3 Å². The van der Waals surface area contributed by atoms with Gasteiger partial charge in [0.05, 0.1) is 27.8 Å². The summed E-state index contributed by atoms with van der Waals surface area (Å²) >= 11 is 1.87. The van der Waals surface area contributed by atoms with Gasteiger partial charge in [0.25, 0.3) is 0 Å². The molecule has 4 heterocycles. The van der Waals surface area contributed by atoms with Crippen molar-refractivity contribution >= 4 is 86.5 Å². The van der Waals surface area contributed by atoms with Crippen molar-refractivity contribution in [3.05, 3.63) is 169 Å². The van der Waals surface area contributed by atoms with Crippen molar-refractivity contribution in [1.82, 2.24) is 9.13 Å². The van der Waals surface area contributed by atoms with Crippen LogP contribution in [0.4, 0.5) is 5.69 Å². The summed E-state index contributed by atoms with van der Waals surface area (Å²) in [4.78, 5) is 5.54. The van der Waals surface area contributed by atoms with E-state index in [0.717, 1.165) is 33.7 Å². The number of aromatic nitrogens is 2. The molecule has 4 nitrogen and oxygen atoms in total. The topological polar surface area (TPSA) is 34.2 Å². The first-order valence-electron chi connectivity index (χ1n) is 16.7. The van der Waals surface area contributed by atoms with Crippen molar-refractivity contribution in [3.63, 3.8) is 0 Å². The minimum absolute atomic E-state index is 0.354. The van der Waals surface area contributed by atoms with Crippen LogP contribution in [-0.4, -0.2) is 14.8 Å². The maximum Gasteiger partial charge on any atom is 0.201 e. The second-order valence-corrected chi connectivity index (χ2v) is 13.8. The highest BCUT2D eigenvalue weighted by Gasteiger charge is 2.28. The van der Waals surface area contributed by atoms with Gasteiger partial charge in [-0.2, -0.15) is 0 Å². The third-order valence-electron chi connectivity index (χ3n) is 10.1. The van der Waals surface area contributed by atoms with Crippen molar-refractivity contribution in [1.29, 1.82) is 0 Å². The maximum atomic E-state index is 5.54. The van der Waals surface area contributed by atoms with Crippen LogP contribution in [0.15, 0.2) is 163 Å². The van der Waals surface area contributed by atoms with Gasteiger partial charge in [0.2, 0.25) is 6.29 Å². The van der Waals surface area contributed by atoms with E-state index >= 15 is 0 Å². The zero-order chi connectivity index (χ0) is 32.1. The highest BCUT2D eigenvalue weighted by molar-refractivity contribution is 7.26. The van der Waals surface area contributed by atoms with Crippen LogP contribution in [0.3, 0.4) is 0 Å². The Morgan fingerprint density at radius 1 is 0.510 bits per heavy atom. The van der Waals surface area contributed by atoms with E-state index in [9.17, 15) is 0 Å². The van der Waals surface area contributed by atoms with Gasteiger partial charge >= 0.3 is 0 Å². The Balaban J connectivity index is 1.32. The van der Waals surface area contributed by atoms with Crippen LogP contribution in [0.5, 0.6) is 0 Å².